The van der Waals surface area contributed by atoms with Crippen LogP contribution in [0.2, 0.25) is 0 Å². The van der Waals surface area contributed by atoms with E-state index in [1.165, 1.54) is 29.2 Å². The summed E-state index contributed by atoms with van der Waals surface area (Å²) in [5.74, 6) is -0.841. The van der Waals surface area contributed by atoms with Crippen molar-refractivity contribution >= 4 is 17.7 Å². The number of hydrogen-bond donors (Lipinski definition) is 2. The lowest BCUT2D eigenvalue weighted by Gasteiger charge is -2.23. The van der Waals surface area contributed by atoms with Crippen molar-refractivity contribution in [2.75, 3.05) is 38.2 Å². The van der Waals surface area contributed by atoms with Gasteiger partial charge in [0.25, 0.3) is 0 Å². The average Bonchev–Trinajstić information content (AvgIpc) is 2.99. The van der Waals surface area contributed by atoms with Gasteiger partial charge < -0.3 is 29.5 Å². The fraction of sp³-hybridized carbons (Fsp3) is 0.375. The molecule has 0 heterocycles. The number of urea groups is 1. The third kappa shape index (κ3) is 11.8. The fourth-order valence-electron chi connectivity index (χ4n) is 4.17. The second kappa shape index (κ2) is 17.2. The Labute approximate surface area is 253 Å². The van der Waals surface area contributed by atoms with E-state index in [-0.39, 0.29) is 37.7 Å². The van der Waals surface area contributed by atoms with Crippen LogP contribution in [0.5, 0.6) is 5.75 Å². The molecule has 0 aromatic heterocycles. The number of carbonyl (C=O) groups excluding carboxylic acids is 1. The minimum absolute atomic E-state index is 0.136. The van der Waals surface area contributed by atoms with E-state index in [9.17, 15) is 32.3 Å². The van der Waals surface area contributed by atoms with E-state index in [4.69, 9.17) is 14.2 Å². The number of rotatable bonds is 17. The molecule has 0 bridgehead atoms. The molecule has 0 saturated heterocycles. The summed E-state index contributed by atoms with van der Waals surface area (Å²) in [6.45, 7) is 3.42. The SMILES string of the molecule is CCOC(Cc1ccc(OCCN(CCCCOCc2ccc(F)cc2)C(=O)Nc2ccc(C(F)(F)F)cc2)cc1)C(=O)O. The summed E-state index contributed by atoms with van der Waals surface area (Å²) >= 11 is 0. The Kier molecular flexibility index (Phi) is 13.4. The van der Waals surface area contributed by atoms with Gasteiger partial charge in [-0.1, -0.05) is 24.3 Å². The van der Waals surface area contributed by atoms with Gasteiger partial charge >= 0.3 is 18.2 Å². The number of nitrogens with zero attached hydrogens (tertiary/aromatic N) is 1. The number of alkyl halides is 3. The predicted molar refractivity (Wildman–Crippen MR) is 156 cm³/mol. The first-order chi connectivity index (χ1) is 21.0. The topological polar surface area (TPSA) is 97.3 Å². The molecule has 8 nitrogen and oxygen atoms in total. The van der Waals surface area contributed by atoms with Crippen LogP contribution < -0.4 is 10.1 Å². The molecule has 1 unspecified atom stereocenters. The zero-order chi connectivity index (χ0) is 32.0. The lowest BCUT2D eigenvalue weighted by molar-refractivity contribution is -0.150. The van der Waals surface area contributed by atoms with E-state index >= 15 is 0 Å². The largest absolute Gasteiger partial charge is 0.492 e. The molecule has 2 N–H and O–H groups in total. The summed E-state index contributed by atoms with van der Waals surface area (Å²) < 4.78 is 68.5. The molecule has 238 valence electrons. The van der Waals surface area contributed by atoms with Gasteiger partial charge in [-0.15, -0.1) is 0 Å². The first-order valence-corrected chi connectivity index (χ1v) is 14.2. The third-order valence-electron chi connectivity index (χ3n) is 6.52. The van der Waals surface area contributed by atoms with Crippen LogP contribution in [-0.2, 0) is 33.5 Å². The first kappa shape index (κ1) is 34.3. The van der Waals surface area contributed by atoms with Crippen molar-refractivity contribution < 1.29 is 46.5 Å². The highest BCUT2D eigenvalue weighted by atomic mass is 19.4. The summed E-state index contributed by atoms with van der Waals surface area (Å²) in [7, 11) is 0. The molecular weight excluding hydrogens is 584 g/mol. The van der Waals surface area contributed by atoms with Gasteiger partial charge in [-0.05, 0) is 79.4 Å². The zero-order valence-corrected chi connectivity index (χ0v) is 24.3. The Bertz CT molecular complexity index is 1300. The van der Waals surface area contributed by atoms with Crippen LogP contribution in [0.3, 0.4) is 0 Å². The molecule has 2 amide bonds. The Hall–Kier alpha value is -4.16. The highest BCUT2D eigenvalue weighted by Gasteiger charge is 2.30. The van der Waals surface area contributed by atoms with Crippen LogP contribution in [0.15, 0.2) is 72.8 Å². The molecule has 3 aromatic carbocycles. The molecule has 0 aliphatic carbocycles. The third-order valence-corrected chi connectivity index (χ3v) is 6.52. The van der Waals surface area contributed by atoms with E-state index in [0.717, 1.165) is 23.3 Å². The maximum Gasteiger partial charge on any atom is 0.416 e. The Morgan fingerprint density at radius 2 is 1.55 bits per heavy atom. The normalized spacial score (nSPS) is 12.0. The number of hydrogen-bond acceptors (Lipinski definition) is 5. The second-order valence-electron chi connectivity index (χ2n) is 9.86. The van der Waals surface area contributed by atoms with Crippen LogP contribution in [-0.4, -0.2) is 61.0 Å². The predicted octanol–water partition coefficient (Wildman–Crippen LogP) is 6.79. The Balaban J connectivity index is 1.53. The summed E-state index contributed by atoms with van der Waals surface area (Å²) in [6, 6.07) is 16.6. The van der Waals surface area contributed by atoms with Crippen molar-refractivity contribution in [1.29, 1.82) is 0 Å². The molecule has 0 spiro atoms. The van der Waals surface area contributed by atoms with Gasteiger partial charge in [-0.25, -0.2) is 14.0 Å². The number of anilines is 1. The number of ether oxygens (including phenoxy) is 3. The number of carboxylic acids is 1. The maximum atomic E-state index is 13.1. The molecule has 0 fully saturated rings. The maximum absolute atomic E-state index is 13.1. The van der Waals surface area contributed by atoms with E-state index in [0.29, 0.717) is 38.3 Å². The monoisotopic (exact) mass is 620 g/mol. The molecule has 0 radical (unpaired) electrons. The first-order valence-electron chi connectivity index (χ1n) is 14.2. The highest BCUT2D eigenvalue weighted by molar-refractivity contribution is 5.89. The molecule has 12 heteroatoms. The number of benzene rings is 3. The van der Waals surface area contributed by atoms with Gasteiger partial charge in [0.1, 0.15) is 18.2 Å². The van der Waals surface area contributed by atoms with Crippen molar-refractivity contribution in [3.8, 4) is 5.75 Å². The van der Waals surface area contributed by atoms with Crippen LogP contribution >= 0.6 is 0 Å². The van der Waals surface area contributed by atoms with Gasteiger partial charge in [0.2, 0.25) is 0 Å². The zero-order valence-electron chi connectivity index (χ0n) is 24.3. The number of unbranched alkanes of at least 4 members (excludes halogenated alkanes) is 1. The number of halogens is 4. The smallest absolute Gasteiger partial charge is 0.416 e. The van der Waals surface area contributed by atoms with Gasteiger partial charge in [-0.2, -0.15) is 13.2 Å². The van der Waals surface area contributed by atoms with E-state index in [1.807, 2.05) is 0 Å². The number of carboxylic acid groups (broad SMARTS) is 1. The molecule has 0 aliphatic heterocycles. The lowest BCUT2D eigenvalue weighted by atomic mass is 10.1. The average molecular weight is 621 g/mol. The molecule has 3 aromatic rings. The van der Waals surface area contributed by atoms with Crippen molar-refractivity contribution in [2.24, 2.45) is 0 Å². The van der Waals surface area contributed by atoms with Crippen LogP contribution in [0.25, 0.3) is 0 Å². The molecule has 1 atom stereocenters. The van der Waals surface area contributed by atoms with Crippen molar-refractivity contribution in [1.82, 2.24) is 4.90 Å². The molecule has 0 saturated carbocycles. The standard InChI is InChI=1S/C32H36F4N2O6/c1-2-43-29(30(39)40)21-23-7-15-28(16-8-23)44-20-18-38(17-3-4-19-42-22-24-5-11-26(33)12-6-24)31(41)37-27-13-9-25(10-14-27)32(34,35)36/h5-16,29H,2-4,17-22H2,1H3,(H,37,41)(H,39,40). The molecular formula is C32H36F4N2O6. The van der Waals surface area contributed by atoms with E-state index in [1.54, 1.807) is 43.3 Å². The van der Waals surface area contributed by atoms with Gasteiger partial charge in [0.15, 0.2) is 6.10 Å². The summed E-state index contributed by atoms with van der Waals surface area (Å²) in [5, 5.41) is 11.9. The fourth-order valence-corrected chi connectivity index (χ4v) is 4.17. The van der Waals surface area contributed by atoms with Crippen molar-refractivity contribution in [3.63, 3.8) is 0 Å². The van der Waals surface area contributed by atoms with Gasteiger partial charge in [0.05, 0.1) is 18.7 Å². The number of carbonyl (C=O) groups is 2. The number of amides is 2. The minimum Gasteiger partial charge on any atom is -0.492 e. The summed E-state index contributed by atoms with van der Waals surface area (Å²) in [4.78, 5) is 25.9. The number of nitrogens with one attached hydrogen (secondary N) is 1. The number of aliphatic carboxylic acids is 1. The van der Waals surface area contributed by atoms with Crippen LogP contribution in [0.1, 0.15) is 36.5 Å². The van der Waals surface area contributed by atoms with Crippen molar-refractivity contribution in [2.45, 2.75) is 45.1 Å². The highest BCUT2D eigenvalue weighted by Crippen LogP contribution is 2.29. The molecule has 3 rings (SSSR count). The van der Waals surface area contributed by atoms with Crippen molar-refractivity contribution in [3.05, 3.63) is 95.3 Å². The molecule has 44 heavy (non-hydrogen) atoms. The Morgan fingerprint density at radius 1 is 0.886 bits per heavy atom. The van der Waals surface area contributed by atoms with Crippen LogP contribution in [0.4, 0.5) is 28.0 Å². The van der Waals surface area contributed by atoms with Crippen LogP contribution in [0, 0.1) is 5.82 Å². The Morgan fingerprint density at radius 3 is 2.16 bits per heavy atom. The second-order valence-corrected chi connectivity index (χ2v) is 9.86. The summed E-state index contributed by atoms with van der Waals surface area (Å²) in [6.07, 6.45) is -4.01. The minimum atomic E-state index is -4.48. The summed E-state index contributed by atoms with van der Waals surface area (Å²) in [5.41, 5.74) is 1.00. The van der Waals surface area contributed by atoms with Gasteiger partial charge in [-0.3, -0.25) is 0 Å². The van der Waals surface area contributed by atoms with E-state index < -0.39 is 29.8 Å². The quantitative estimate of drug-likeness (QED) is 0.128. The lowest BCUT2D eigenvalue weighted by Crippen LogP contribution is -2.38. The van der Waals surface area contributed by atoms with E-state index in [2.05, 4.69) is 5.32 Å². The van der Waals surface area contributed by atoms with Gasteiger partial charge in [0, 0.05) is 31.9 Å². The molecule has 0 aliphatic rings.